The summed E-state index contributed by atoms with van der Waals surface area (Å²) in [5.74, 6) is -0.375. The van der Waals surface area contributed by atoms with Gasteiger partial charge in [-0.2, -0.15) is 13.2 Å². The summed E-state index contributed by atoms with van der Waals surface area (Å²) in [4.78, 5) is 20.1. The fourth-order valence-corrected chi connectivity index (χ4v) is 4.96. The maximum Gasteiger partial charge on any atom is 0.389 e. The fourth-order valence-electron chi connectivity index (χ4n) is 4.96. The van der Waals surface area contributed by atoms with Gasteiger partial charge in [-0.15, -0.1) is 0 Å². The Bertz CT molecular complexity index is 942. The molecule has 0 bridgehead atoms. The molecule has 0 spiro atoms. The Morgan fingerprint density at radius 2 is 1.85 bits per heavy atom. The number of hydrogen-bond acceptors (Lipinski definition) is 4. The van der Waals surface area contributed by atoms with Crippen LogP contribution in [0.3, 0.4) is 0 Å². The van der Waals surface area contributed by atoms with Crippen molar-refractivity contribution in [1.29, 1.82) is 0 Å². The second kappa shape index (κ2) is 11.2. The molecule has 3 rings (SSSR count). The van der Waals surface area contributed by atoms with Gasteiger partial charge in [-0.25, -0.2) is 4.99 Å². The van der Waals surface area contributed by atoms with E-state index in [2.05, 4.69) is 18.4 Å². The average Bonchev–Trinajstić information content (AvgIpc) is 2.93. The zero-order chi connectivity index (χ0) is 24.9. The highest BCUT2D eigenvalue weighted by Gasteiger charge is 2.35. The Hall–Kier alpha value is -2.57. The number of carbonyl (C=O) groups is 1. The first-order valence-electron chi connectivity index (χ1n) is 12.1. The molecular weight excluding hydrogens is 441 g/mol. The summed E-state index contributed by atoms with van der Waals surface area (Å²) in [6.45, 7) is 10.2. The standard InChI is InChI=1S/C27H35F3N2O2/c1-18-10-12-21(13-11-18)23-17-19(2)25(32-15-6-5-7-16-32)31-20(3)24(23)22(26(33)34-4)9-8-14-27(28,29)30/h10-13,19,22H,3,5-9,14-17H2,1-2,4H3. The van der Waals surface area contributed by atoms with Crippen molar-refractivity contribution in [3.05, 3.63) is 53.2 Å². The smallest absolute Gasteiger partial charge is 0.389 e. The van der Waals surface area contributed by atoms with E-state index in [0.717, 1.165) is 48.5 Å². The van der Waals surface area contributed by atoms with Gasteiger partial charge >= 0.3 is 12.1 Å². The van der Waals surface area contributed by atoms with Crippen molar-refractivity contribution in [3.8, 4) is 0 Å². The van der Waals surface area contributed by atoms with Crippen LogP contribution < -0.4 is 0 Å². The van der Waals surface area contributed by atoms with Crippen LogP contribution in [0.25, 0.3) is 5.57 Å². The number of hydrogen-bond donors (Lipinski definition) is 0. The number of amidine groups is 1. The predicted octanol–water partition coefficient (Wildman–Crippen LogP) is 6.71. The molecule has 0 aliphatic carbocycles. The second-order valence-corrected chi connectivity index (χ2v) is 9.41. The minimum absolute atomic E-state index is 0.0266. The molecule has 2 unspecified atom stereocenters. The SMILES string of the molecule is C=C1N=C(N2CCCCC2)C(C)CC(c2ccc(C)cc2)=C1C(CCCC(F)(F)F)C(=O)OC. The van der Waals surface area contributed by atoms with E-state index in [1.807, 2.05) is 31.2 Å². The van der Waals surface area contributed by atoms with Gasteiger partial charge in [-0.3, -0.25) is 4.79 Å². The highest BCUT2D eigenvalue weighted by molar-refractivity contribution is 5.92. The number of likely N-dealkylation sites (tertiary alicyclic amines) is 1. The van der Waals surface area contributed by atoms with Gasteiger partial charge in [0.2, 0.25) is 0 Å². The van der Waals surface area contributed by atoms with E-state index in [1.54, 1.807) is 0 Å². The van der Waals surface area contributed by atoms with Crippen LogP contribution in [0.2, 0.25) is 0 Å². The summed E-state index contributed by atoms with van der Waals surface area (Å²) in [6.07, 6.45) is -1.34. The lowest BCUT2D eigenvalue weighted by Gasteiger charge is -2.32. The van der Waals surface area contributed by atoms with Gasteiger partial charge in [0, 0.05) is 25.4 Å². The third kappa shape index (κ3) is 6.51. The number of aryl methyl sites for hydroxylation is 1. The van der Waals surface area contributed by atoms with Gasteiger partial charge in [0.15, 0.2) is 0 Å². The molecule has 0 radical (unpaired) electrons. The van der Waals surface area contributed by atoms with Crippen LogP contribution in [0.4, 0.5) is 13.2 Å². The molecule has 2 heterocycles. The van der Waals surface area contributed by atoms with Crippen molar-refractivity contribution >= 4 is 17.4 Å². The van der Waals surface area contributed by atoms with Gasteiger partial charge in [0.05, 0.1) is 18.7 Å². The quantitative estimate of drug-likeness (QED) is 0.429. The van der Waals surface area contributed by atoms with Crippen LogP contribution in [0.15, 0.2) is 47.1 Å². The molecule has 0 saturated carbocycles. The molecule has 186 valence electrons. The van der Waals surface area contributed by atoms with Crippen molar-refractivity contribution in [2.45, 2.75) is 65.0 Å². The first-order valence-corrected chi connectivity index (χ1v) is 12.1. The highest BCUT2D eigenvalue weighted by atomic mass is 19.4. The number of piperidine rings is 1. The lowest BCUT2D eigenvalue weighted by Crippen LogP contribution is -2.39. The lowest BCUT2D eigenvalue weighted by molar-refractivity contribution is -0.146. The first-order chi connectivity index (χ1) is 16.1. The number of halogens is 3. The summed E-state index contributed by atoms with van der Waals surface area (Å²) < 4.78 is 43.7. The molecule has 0 aromatic heterocycles. The van der Waals surface area contributed by atoms with Crippen LogP contribution in [0, 0.1) is 18.8 Å². The van der Waals surface area contributed by atoms with Crippen LogP contribution in [-0.4, -0.2) is 43.1 Å². The summed E-state index contributed by atoms with van der Waals surface area (Å²) >= 11 is 0. The maximum absolute atomic E-state index is 12.9. The molecule has 0 amide bonds. The van der Waals surface area contributed by atoms with Gasteiger partial charge in [0.25, 0.3) is 0 Å². The van der Waals surface area contributed by atoms with Crippen LogP contribution >= 0.6 is 0 Å². The van der Waals surface area contributed by atoms with Crippen molar-refractivity contribution in [1.82, 2.24) is 4.90 Å². The molecule has 0 N–H and O–H groups in total. The first kappa shape index (κ1) is 26.0. The minimum Gasteiger partial charge on any atom is -0.469 e. The van der Waals surface area contributed by atoms with E-state index in [0.29, 0.717) is 17.7 Å². The Labute approximate surface area is 200 Å². The number of methoxy groups -OCH3 is 1. The van der Waals surface area contributed by atoms with Crippen LogP contribution in [0.1, 0.15) is 63.0 Å². The molecule has 34 heavy (non-hydrogen) atoms. The topological polar surface area (TPSA) is 41.9 Å². The summed E-state index contributed by atoms with van der Waals surface area (Å²) in [5, 5.41) is 0. The number of benzene rings is 1. The minimum atomic E-state index is -4.27. The Morgan fingerprint density at radius 3 is 2.44 bits per heavy atom. The van der Waals surface area contributed by atoms with E-state index in [1.165, 1.54) is 13.5 Å². The predicted molar refractivity (Wildman–Crippen MR) is 129 cm³/mol. The monoisotopic (exact) mass is 476 g/mol. The molecule has 2 aliphatic heterocycles. The van der Waals surface area contributed by atoms with E-state index in [-0.39, 0.29) is 18.8 Å². The lowest BCUT2D eigenvalue weighted by atomic mass is 9.82. The molecule has 1 aromatic rings. The Kier molecular flexibility index (Phi) is 8.61. The van der Waals surface area contributed by atoms with Crippen LogP contribution in [0.5, 0.6) is 0 Å². The fraction of sp³-hybridized carbons (Fsp3) is 0.556. The molecule has 2 atom stereocenters. The van der Waals surface area contributed by atoms with Crippen molar-refractivity contribution in [2.75, 3.05) is 20.2 Å². The van der Waals surface area contributed by atoms with Crippen molar-refractivity contribution in [3.63, 3.8) is 0 Å². The van der Waals surface area contributed by atoms with E-state index < -0.39 is 24.5 Å². The zero-order valence-corrected chi connectivity index (χ0v) is 20.4. The molecular formula is C27H35F3N2O2. The largest absolute Gasteiger partial charge is 0.469 e. The summed E-state index contributed by atoms with van der Waals surface area (Å²) in [5.41, 5.74) is 4.01. The number of esters is 1. The van der Waals surface area contributed by atoms with Gasteiger partial charge in [-0.1, -0.05) is 43.3 Å². The molecule has 2 aliphatic rings. The van der Waals surface area contributed by atoms with E-state index in [9.17, 15) is 18.0 Å². The normalized spacial score (nSPS) is 20.6. The van der Waals surface area contributed by atoms with Crippen molar-refractivity contribution in [2.24, 2.45) is 16.8 Å². The third-order valence-corrected chi connectivity index (χ3v) is 6.70. The number of nitrogens with zero attached hydrogens (tertiary/aromatic N) is 2. The number of allylic oxidation sites excluding steroid dienone is 2. The summed E-state index contributed by atoms with van der Waals surface area (Å²) in [7, 11) is 1.27. The molecule has 7 heteroatoms. The second-order valence-electron chi connectivity index (χ2n) is 9.41. The molecule has 1 saturated heterocycles. The molecule has 1 fully saturated rings. The Balaban J connectivity index is 2.07. The molecule has 1 aromatic carbocycles. The Morgan fingerprint density at radius 1 is 1.21 bits per heavy atom. The number of rotatable bonds is 6. The number of aliphatic imine (C=N–C) groups is 1. The van der Waals surface area contributed by atoms with Crippen molar-refractivity contribution < 1.29 is 22.7 Å². The average molecular weight is 477 g/mol. The van der Waals surface area contributed by atoms with Gasteiger partial charge < -0.3 is 9.64 Å². The molecule has 4 nitrogen and oxygen atoms in total. The highest BCUT2D eigenvalue weighted by Crippen LogP contribution is 2.40. The van der Waals surface area contributed by atoms with E-state index >= 15 is 0 Å². The van der Waals surface area contributed by atoms with E-state index in [4.69, 9.17) is 9.73 Å². The van der Waals surface area contributed by atoms with Gasteiger partial charge in [0.1, 0.15) is 5.84 Å². The third-order valence-electron chi connectivity index (χ3n) is 6.70. The zero-order valence-electron chi connectivity index (χ0n) is 20.4. The maximum atomic E-state index is 12.9. The number of carbonyl (C=O) groups excluding carboxylic acids is 1. The summed E-state index contributed by atoms with van der Waals surface area (Å²) in [6, 6.07) is 8.00. The van der Waals surface area contributed by atoms with Gasteiger partial charge in [-0.05, 0) is 62.2 Å². The number of ether oxygens (including phenoxy) is 1. The van der Waals surface area contributed by atoms with Crippen LogP contribution in [-0.2, 0) is 9.53 Å². The number of alkyl halides is 3.